The zero-order valence-electron chi connectivity index (χ0n) is 16.3. The van der Waals surface area contributed by atoms with Gasteiger partial charge in [-0.05, 0) is 51.0 Å². The molecule has 0 spiro atoms. The molecule has 0 amide bonds. The van der Waals surface area contributed by atoms with Gasteiger partial charge in [0.15, 0.2) is 0 Å². The first-order valence-electron chi connectivity index (χ1n) is 9.89. The standard InChI is InChI=1S/C20H30N6/c1-15-12-20(22-14-21-15)24(2)16-8-10-26(11-9-16)13-19-17-6-4-5-7-18(17)23-25(19)3/h12,14,16H,4-11,13H2,1-3H3. The molecule has 0 radical (unpaired) electrons. The molecule has 0 saturated carbocycles. The van der Waals surface area contributed by atoms with Gasteiger partial charge in [-0.1, -0.05) is 0 Å². The van der Waals surface area contributed by atoms with E-state index in [1.807, 2.05) is 6.92 Å². The lowest BCUT2D eigenvalue weighted by Crippen LogP contribution is -2.43. The second-order valence-corrected chi connectivity index (χ2v) is 7.84. The van der Waals surface area contributed by atoms with E-state index in [4.69, 9.17) is 5.10 Å². The third kappa shape index (κ3) is 3.47. The number of aromatic nitrogens is 4. The highest BCUT2D eigenvalue weighted by molar-refractivity contribution is 5.39. The van der Waals surface area contributed by atoms with E-state index >= 15 is 0 Å². The van der Waals surface area contributed by atoms with E-state index in [1.165, 1.54) is 49.1 Å². The molecule has 1 fully saturated rings. The molecule has 26 heavy (non-hydrogen) atoms. The van der Waals surface area contributed by atoms with Gasteiger partial charge in [-0.15, -0.1) is 0 Å². The van der Waals surface area contributed by atoms with Gasteiger partial charge in [-0.3, -0.25) is 9.58 Å². The number of fused-ring (bicyclic) bond motifs is 1. The van der Waals surface area contributed by atoms with E-state index in [0.29, 0.717) is 6.04 Å². The van der Waals surface area contributed by atoms with Gasteiger partial charge in [-0.25, -0.2) is 9.97 Å². The number of hydrogen-bond acceptors (Lipinski definition) is 5. The predicted octanol–water partition coefficient (Wildman–Crippen LogP) is 2.50. The summed E-state index contributed by atoms with van der Waals surface area (Å²) in [6, 6.07) is 2.63. The van der Waals surface area contributed by atoms with Crippen molar-refractivity contribution in [1.29, 1.82) is 0 Å². The molecule has 140 valence electrons. The van der Waals surface area contributed by atoms with Gasteiger partial charge in [0.25, 0.3) is 0 Å². The van der Waals surface area contributed by atoms with Crippen molar-refractivity contribution in [3.8, 4) is 0 Å². The van der Waals surface area contributed by atoms with Crippen molar-refractivity contribution < 1.29 is 0 Å². The highest BCUT2D eigenvalue weighted by atomic mass is 15.3. The van der Waals surface area contributed by atoms with Gasteiger partial charge in [-0.2, -0.15) is 5.10 Å². The van der Waals surface area contributed by atoms with E-state index in [9.17, 15) is 0 Å². The molecular weight excluding hydrogens is 324 g/mol. The maximum absolute atomic E-state index is 4.78. The first-order chi connectivity index (χ1) is 12.6. The molecule has 1 saturated heterocycles. The number of piperidine rings is 1. The fourth-order valence-electron chi connectivity index (χ4n) is 4.44. The number of hydrogen-bond donors (Lipinski definition) is 0. The Morgan fingerprint density at radius 1 is 1.15 bits per heavy atom. The summed E-state index contributed by atoms with van der Waals surface area (Å²) >= 11 is 0. The van der Waals surface area contributed by atoms with Gasteiger partial charge in [0.2, 0.25) is 0 Å². The SMILES string of the molecule is Cc1cc(N(C)C2CCN(Cc3c4c(nn3C)CCCC4)CC2)ncn1. The van der Waals surface area contributed by atoms with Crippen molar-refractivity contribution in [3.63, 3.8) is 0 Å². The number of likely N-dealkylation sites (tertiary alicyclic amines) is 1. The lowest BCUT2D eigenvalue weighted by molar-refractivity contribution is 0.198. The van der Waals surface area contributed by atoms with E-state index in [1.54, 1.807) is 6.33 Å². The fourth-order valence-corrected chi connectivity index (χ4v) is 4.44. The summed E-state index contributed by atoms with van der Waals surface area (Å²) in [6.07, 6.45) is 9.01. The van der Waals surface area contributed by atoms with E-state index in [2.05, 4.69) is 44.6 Å². The summed E-state index contributed by atoms with van der Waals surface area (Å²) in [6.45, 7) is 5.34. The van der Waals surface area contributed by atoms with Crippen LogP contribution in [-0.4, -0.2) is 50.8 Å². The zero-order chi connectivity index (χ0) is 18.1. The Morgan fingerprint density at radius 3 is 2.69 bits per heavy atom. The van der Waals surface area contributed by atoms with Crippen LogP contribution in [-0.2, 0) is 26.4 Å². The van der Waals surface area contributed by atoms with Gasteiger partial charge >= 0.3 is 0 Å². The second-order valence-electron chi connectivity index (χ2n) is 7.84. The average Bonchev–Trinajstić information content (AvgIpc) is 2.97. The third-order valence-corrected chi connectivity index (χ3v) is 6.08. The quantitative estimate of drug-likeness (QED) is 0.844. The van der Waals surface area contributed by atoms with Crippen molar-refractivity contribution in [2.75, 3.05) is 25.0 Å². The van der Waals surface area contributed by atoms with Crippen molar-refractivity contribution in [1.82, 2.24) is 24.6 Å². The summed E-state index contributed by atoms with van der Waals surface area (Å²) < 4.78 is 2.14. The first-order valence-corrected chi connectivity index (χ1v) is 9.89. The second kappa shape index (κ2) is 7.35. The minimum absolute atomic E-state index is 0.556. The maximum Gasteiger partial charge on any atom is 0.132 e. The van der Waals surface area contributed by atoms with Crippen LogP contribution in [0.15, 0.2) is 12.4 Å². The van der Waals surface area contributed by atoms with Crippen LogP contribution in [0.2, 0.25) is 0 Å². The predicted molar refractivity (Wildman–Crippen MR) is 103 cm³/mol. The normalized spacial score (nSPS) is 18.7. The smallest absolute Gasteiger partial charge is 0.132 e. The zero-order valence-corrected chi connectivity index (χ0v) is 16.3. The van der Waals surface area contributed by atoms with Crippen LogP contribution >= 0.6 is 0 Å². The molecule has 0 bridgehead atoms. The lowest BCUT2D eigenvalue weighted by Gasteiger charge is -2.37. The van der Waals surface area contributed by atoms with Crippen LogP contribution < -0.4 is 4.90 Å². The largest absolute Gasteiger partial charge is 0.356 e. The molecule has 6 heteroatoms. The number of rotatable bonds is 4. The molecule has 0 N–H and O–H groups in total. The van der Waals surface area contributed by atoms with E-state index in [0.717, 1.165) is 37.6 Å². The molecule has 4 rings (SSSR count). The van der Waals surface area contributed by atoms with Crippen molar-refractivity contribution in [2.24, 2.45) is 7.05 Å². The molecule has 1 aliphatic carbocycles. The summed E-state index contributed by atoms with van der Waals surface area (Å²) in [7, 11) is 4.28. The van der Waals surface area contributed by atoms with Crippen LogP contribution in [0.4, 0.5) is 5.82 Å². The maximum atomic E-state index is 4.78. The summed E-state index contributed by atoms with van der Waals surface area (Å²) in [5, 5.41) is 4.78. The van der Waals surface area contributed by atoms with Crippen LogP contribution in [0.1, 0.15) is 48.3 Å². The molecule has 3 heterocycles. The summed E-state index contributed by atoms with van der Waals surface area (Å²) in [5.41, 5.74) is 5.36. The third-order valence-electron chi connectivity index (χ3n) is 6.08. The summed E-state index contributed by atoms with van der Waals surface area (Å²) in [4.78, 5) is 13.6. The monoisotopic (exact) mass is 354 g/mol. The summed E-state index contributed by atoms with van der Waals surface area (Å²) in [5.74, 6) is 1.04. The topological polar surface area (TPSA) is 50.1 Å². The highest BCUT2D eigenvalue weighted by Crippen LogP contribution is 2.26. The molecule has 2 aliphatic rings. The highest BCUT2D eigenvalue weighted by Gasteiger charge is 2.26. The Bertz CT molecular complexity index is 760. The van der Waals surface area contributed by atoms with Gasteiger partial charge in [0.05, 0.1) is 11.4 Å². The number of nitrogens with zero attached hydrogens (tertiary/aromatic N) is 6. The van der Waals surface area contributed by atoms with Crippen molar-refractivity contribution in [3.05, 3.63) is 35.0 Å². The van der Waals surface area contributed by atoms with Crippen molar-refractivity contribution in [2.45, 2.75) is 58.0 Å². The minimum atomic E-state index is 0.556. The Morgan fingerprint density at radius 2 is 1.92 bits per heavy atom. The minimum Gasteiger partial charge on any atom is -0.356 e. The Kier molecular flexibility index (Phi) is 4.94. The van der Waals surface area contributed by atoms with Gasteiger partial charge < -0.3 is 4.90 Å². The number of aryl methyl sites for hydroxylation is 3. The van der Waals surface area contributed by atoms with Crippen molar-refractivity contribution >= 4 is 5.82 Å². The molecule has 0 unspecified atom stereocenters. The average molecular weight is 355 g/mol. The Hall–Kier alpha value is -1.95. The molecule has 1 aliphatic heterocycles. The Labute approximate surface area is 156 Å². The van der Waals surface area contributed by atoms with Gasteiger partial charge in [0.1, 0.15) is 12.1 Å². The van der Waals surface area contributed by atoms with E-state index < -0.39 is 0 Å². The van der Waals surface area contributed by atoms with E-state index in [-0.39, 0.29) is 0 Å². The molecule has 6 nitrogen and oxygen atoms in total. The molecule has 0 atom stereocenters. The van der Waals surface area contributed by atoms with Gasteiger partial charge in [0, 0.05) is 51.5 Å². The lowest BCUT2D eigenvalue weighted by atomic mass is 9.95. The molecule has 2 aromatic heterocycles. The number of anilines is 1. The van der Waals surface area contributed by atoms with Crippen LogP contribution in [0.5, 0.6) is 0 Å². The molecular formula is C20H30N6. The van der Waals surface area contributed by atoms with Crippen LogP contribution in [0.3, 0.4) is 0 Å². The van der Waals surface area contributed by atoms with Crippen LogP contribution in [0, 0.1) is 6.92 Å². The Balaban J connectivity index is 1.38. The first kappa shape index (κ1) is 17.5. The molecule has 0 aromatic carbocycles. The van der Waals surface area contributed by atoms with Crippen LogP contribution in [0.25, 0.3) is 0 Å². The molecule has 2 aromatic rings. The fraction of sp³-hybridized carbons (Fsp3) is 0.650.